The van der Waals surface area contributed by atoms with E-state index in [4.69, 9.17) is 9.47 Å². The van der Waals surface area contributed by atoms with E-state index in [9.17, 15) is 24.6 Å². The van der Waals surface area contributed by atoms with Crippen molar-refractivity contribution in [3.63, 3.8) is 0 Å². The number of allylic oxidation sites excluding steroid dienone is 6. The Bertz CT molecular complexity index is 1330. The Hall–Kier alpha value is -3.95. The van der Waals surface area contributed by atoms with Gasteiger partial charge in [0.05, 0.1) is 18.6 Å². The van der Waals surface area contributed by atoms with Crippen molar-refractivity contribution in [2.75, 3.05) is 12.4 Å². The molecule has 2 bridgehead atoms. The van der Waals surface area contributed by atoms with Gasteiger partial charge in [-0.05, 0) is 75.6 Å². The fourth-order valence-electron chi connectivity index (χ4n) is 5.34. The van der Waals surface area contributed by atoms with Gasteiger partial charge in [0.15, 0.2) is 0 Å². The third-order valence-corrected chi connectivity index (χ3v) is 8.12. The molecule has 0 aromatic heterocycles. The summed E-state index contributed by atoms with van der Waals surface area (Å²) in [5, 5.41) is 27.1. The average molecular weight is 621 g/mol. The number of aliphatic hydroxyl groups excluding tert-OH is 1. The van der Waals surface area contributed by atoms with E-state index in [1.165, 1.54) is 13.2 Å². The molecule has 0 spiro atoms. The van der Waals surface area contributed by atoms with Gasteiger partial charge in [0.2, 0.25) is 11.8 Å². The van der Waals surface area contributed by atoms with Crippen molar-refractivity contribution in [1.82, 2.24) is 5.32 Å². The number of benzene rings is 1. The summed E-state index contributed by atoms with van der Waals surface area (Å²) < 4.78 is 11.3. The lowest BCUT2D eigenvalue weighted by Gasteiger charge is -2.29. The van der Waals surface area contributed by atoms with E-state index in [1.807, 2.05) is 50.3 Å². The molecule has 5 atom stereocenters. The Morgan fingerprint density at radius 1 is 1.04 bits per heavy atom. The normalized spacial score (nSPS) is 27.6. The van der Waals surface area contributed by atoms with Gasteiger partial charge in [-0.15, -0.1) is 0 Å². The minimum atomic E-state index is -0.883. The molecule has 1 aromatic carbocycles. The number of fused-ring (bicyclic) bond motifs is 2. The van der Waals surface area contributed by atoms with Gasteiger partial charge >= 0.3 is 5.97 Å². The maximum absolute atomic E-state index is 13.1. The summed E-state index contributed by atoms with van der Waals surface area (Å²) in [5.41, 5.74) is 2.75. The molecule has 1 aliphatic carbocycles. The number of nitrogens with one attached hydrogen (secondary N) is 2. The van der Waals surface area contributed by atoms with Crippen molar-refractivity contribution in [1.29, 1.82) is 0 Å². The zero-order valence-corrected chi connectivity index (χ0v) is 26.8. The lowest BCUT2D eigenvalue weighted by molar-refractivity contribution is -0.156. The van der Waals surface area contributed by atoms with Gasteiger partial charge in [0.25, 0.3) is 0 Å². The number of esters is 1. The summed E-state index contributed by atoms with van der Waals surface area (Å²) in [6.45, 7) is 5.28. The molecule has 2 amide bonds. The second-order valence-electron chi connectivity index (χ2n) is 11.8. The van der Waals surface area contributed by atoms with Crippen LogP contribution in [0.4, 0.5) is 5.69 Å². The fourth-order valence-corrected chi connectivity index (χ4v) is 5.34. The number of phenolic OH excluding ortho intramolecular Hbond substituents is 1. The highest BCUT2D eigenvalue weighted by Crippen LogP contribution is 2.25. The van der Waals surface area contributed by atoms with Crippen molar-refractivity contribution in [2.24, 2.45) is 5.92 Å². The van der Waals surface area contributed by atoms with Gasteiger partial charge in [0.1, 0.15) is 17.9 Å². The zero-order chi connectivity index (χ0) is 32.8. The number of ether oxygens (including phenoxy) is 2. The fraction of sp³-hybridized carbons (Fsp3) is 0.472. The first-order valence-electron chi connectivity index (χ1n) is 15.8. The molecule has 3 rings (SSSR count). The van der Waals surface area contributed by atoms with Gasteiger partial charge in [-0.1, -0.05) is 55.5 Å². The maximum Gasteiger partial charge on any atom is 0.328 e. The van der Waals surface area contributed by atoms with Crippen LogP contribution in [0.3, 0.4) is 0 Å². The van der Waals surface area contributed by atoms with E-state index >= 15 is 0 Å². The number of phenols is 1. The van der Waals surface area contributed by atoms with Gasteiger partial charge in [-0.2, -0.15) is 0 Å². The number of methoxy groups -OCH3 is 1. The molecule has 2 aliphatic rings. The summed E-state index contributed by atoms with van der Waals surface area (Å²) >= 11 is 0. The number of carbonyl (C=O) groups excluding carboxylic acids is 3. The molecule has 0 radical (unpaired) electrons. The van der Waals surface area contributed by atoms with Crippen LogP contribution in [0.5, 0.6) is 5.75 Å². The van der Waals surface area contributed by atoms with Crippen LogP contribution in [0.2, 0.25) is 0 Å². The monoisotopic (exact) mass is 620 g/mol. The zero-order valence-electron chi connectivity index (χ0n) is 26.8. The van der Waals surface area contributed by atoms with Gasteiger partial charge in [-0.25, -0.2) is 4.79 Å². The summed E-state index contributed by atoms with van der Waals surface area (Å²) in [4.78, 5) is 38.4. The summed E-state index contributed by atoms with van der Waals surface area (Å²) in [6, 6.07) is 4.11. The number of aliphatic hydroxyl groups is 1. The predicted molar refractivity (Wildman–Crippen MR) is 175 cm³/mol. The number of hydrogen-bond acceptors (Lipinski definition) is 7. The van der Waals surface area contributed by atoms with Gasteiger partial charge in [-0.3, -0.25) is 9.59 Å². The topological polar surface area (TPSA) is 134 Å². The molecule has 0 saturated carbocycles. The van der Waals surface area contributed by atoms with Crippen LogP contribution < -0.4 is 10.6 Å². The second kappa shape index (κ2) is 18.1. The van der Waals surface area contributed by atoms with Crippen molar-refractivity contribution in [3.05, 3.63) is 83.5 Å². The van der Waals surface area contributed by atoms with Crippen LogP contribution in [0.25, 0.3) is 0 Å². The minimum absolute atomic E-state index is 0.0434. The SMILES string of the molecule is COC1/C=C/C=C/C=C\CC(OC(=O)C(C)NC(=O)C2=CCCCC2)C(C)C(O)/C(C)=C/CCc2cc(O)cc(c2)NC(=O)C1. The summed E-state index contributed by atoms with van der Waals surface area (Å²) in [6.07, 6.45) is 17.9. The van der Waals surface area contributed by atoms with E-state index in [1.54, 1.807) is 31.2 Å². The standard InChI is InChI=1S/C36H48N2O7/c1-24-14-13-15-27-20-29(22-30(39)21-27)38-33(40)23-31(44-4)18-11-6-5-7-12-19-32(25(2)34(24)41)45-36(43)26(3)37-35(42)28-16-9-8-10-17-28/h5-7,11-12,14,16,18,20-22,25-26,31-32,34,39,41H,8-10,13,15,17,19,23H2,1-4H3,(H,37,42)(H,38,40)/b6-5+,12-7-,18-11+,24-14+. The van der Waals surface area contributed by atoms with Crippen molar-refractivity contribution in [2.45, 2.75) is 96.5 Å². The highest BCUT2D eigenvalue weighted by molar-refractivity contribution is 5.96. The smallest absolute Gasteiger partial charge is 0.328 e. The molecule has 45 heavy (non-hydrogen) atoms. The average Bonchev–Trinajstić information content (AvgIpc) is 3.01. The number of carbonyl (C=O) groups is 3. The molecule has 1 heterocycles. The third kappa shape index (κ3) is 11.8. The Balaban J connectivity index is 1.80. The van der Waals surface area contributed by atoms with E-state index in [-0.39, 0.29) is 24.0 Å². The lowest BCUT2D eigenvalue weighted by atomic mass is 9.90. The highest BCUT2D eigenvalue weighted by atomic mass is 16.5. The molecule has 5 unspecified atom stereocenters. The first-order chi connectivity index (χ1) is 21.6. The number of amides is 2. The molecule has 4 N–H and O–H groups in total. The predicted octanol–water partition coefficient (Wildman–Crippen LogP) is 5.60. The van der Waals surface area contributed by atoms with Crippen LogP contribution >= 0.6 is 0 Å². The van der Waals surface area contributed by atoms with Crippen molar-refractivity contribution in [3.8, 4) is 5.75 Å². The Morgan fingerprint density at radius 2 is 1.82 bits per heavy atom. The van der Waals surface area contributed by atoms with Crippen LogP contribution in [0, 0.1) is 5.92 Å². The number of hydrogen-bond donors (Lipinski definition) is 4. The molecule has 0 saturated heterocycles. The van der Waals surface area contributed by atoms with Crippen molar-refractivity contribution < 1.29 is 34.1 Å². The molecule has 244 valence electrons. The Morgan fingerprint density at radius 3 is 2.56 bits per heavy atom. The molecular formula is C36H48N2O7. The quantitative estimate of drug-likeness (QED) is 0.249. The number of aromatic hydroxyl groups is 1. The van der Waals surface area contributed by atoms with Crippen LogP contribution in [0.1, 0.15) is 71.3 Å². The van der Waals surface area contributed by atoms with Crippen LogP contribution in [-0.2, 0) is 30.3 Å². The molecule has 1 aliphatic heterocycles. The lowest BCUT2D eigenvalue weighted by Crippen LogP contribution is -2.43. The van der Waals surface area contributed by atoms with Crippen molar-refractivity contribution >= 4 is 23.5 Å². The van der Waals surface area contributed by atoms with E-state index in [0.29, 0.717) is 36.9 Å². The molecule has 9 nitrogen and oxygen atoms in total. The van der Waals surface area contributed by atoms with E-state index in [0.717, 1.165) is 30.4 Å². The second-order valence-corrected chi connectivity index (χ2v) is 11.8. The molecule has 1 aromatic rings. The molecular weight excluding hydrogens is 572 g/mol. The number of aryl methyl sites for hydroxylation is 1. The van der Waals surface area contributed by atoms with Gasteiger partial charge < -0.3 is 30.3 Å². The Labute approximate surface area is 266 Å². The largest absolute Gasteiger partial charge is 0.508 e. The summed E-state index contributed by atoms with van der Waals surface area (Å²) in [5.74, 6) is -1.45. The maximum atomic E-state index is 13.1. The first kappa shape index (κ1) is 35.5. The summed E-state index contributed by atoms with van der Waals surface area (Å²) in [7, 11) is 1.53. The van der Waals surface area contributed by atoms with E-state index < -0.39 is 36.2 Å². The molecule has 0 fully saturated rings. The van der Waals surface area contributed by atoms with Gasteiger partial charge in [0, 0.05) is 36.8 Å². The molecule has 9 heteroatoms. The highest BCUT2D eigenvalue weighted by Gasteiger charge is 2.30. The number of anilines is 1. The first-order valence-corrected chi connectivity index (χ1v) is 15.8. The minimum Gasteiger partial charge on any atom is -0.508 e. The Kier molecular flexibility index (Phi) is 14.3. The number of rotatable bonds is 5. The third-order valence-electron chi connectivity index (χ3n) is 8.12. The van der Waals surface area contributed by atoms with Crippen LogP contribution in [-0.4, -0.2) is 59.5 Å². The van der Waals surface area contributed by atoms with Crippen LogP contribution in [0.15, 0.2) is 78.0 Å². The van der Waals surface area contributed by atoms with E-state index in [2.05, 4.69) is 10.6 Å².